The molecule has 12 heavy (non-hydrogen) atoms. The molecule has 0 rings (SSSR count). The van der Waals surface area contributed by atoms with Crippen LogP contribution in [-0.2, 0) is 4.84 Å². The van der Waals surface area contributed by atoms with Crippen LogP contribution in [-0.4, -0.2) is 13.2 Å². The van der Waals surface area contributed by atoms with E-state index in [9.17, 15) is 0 Å². The molecule has 0 saturated carbocycles. The Bertz CT molecular complexity index is 85.9. The molecule has 0 aliphatic carbocycles. The van der Waals surface area contributed by atoms with Gasteiger partial charge < -0.3 is 4.84 Å². The average molecular weight is 173 g/mol. The molecule has 0 saturated heterocycles. The predicted molar refractivity (Wildman–Crippen MR) is 52.9 cm³/mol. The van der Waals surface area contributed by atoms with Gasteiger partial charge in [-0.3, -0.25) is 0 Å². The lowest BCUT2D eigenvalue weighted by atomic mass is 10.00. The van der Waals surface area contributed by atoms with Crippen molar-refractivity contribution in [3.63, 3.8) is 0 Å². The Balaban J connectivity index is 3.26. The molecule has 0 bridgehead atoms. The number of unbranched alkanes of at least 4 members (excludes halogenated alkanes) is 1. The van der Waals surface area contributed by atoms with Crippen molar-refractivity contribution in [3.05, 3.63) is 0 Å². The van der Waals surface area contributed by atoms with Crippen LogP contribution in [0.15, 0.2) is 0 Å². The molecule has 74 valence electrons. The molecule has 1 unspecified atom stereocenters. The van der Waals surface area contributed by atoms with Crippen molar-refractivity contribution in [1.82, 2.24) is 5.48 Å². The van der Waals surface area contributed by atoms with E-state index in [4.69, 9.17) is 4.84 Å². The van der Waals surface area contributed by atoms with Crippen molar-refractivity contribution in [2.45, 2.75) is 46.5 Å². The third kappa shape index (κ3) is 6.62. The van der Waals surface area contributed by atoms with Crippen molar-refractivity contribution in [2.24, 2.45) is 5.92 Å². The summed E-state index contributed by atoms with van der Waals surface area (Å²) in [6.07, 6.45) is 5.21. The van der Waals surface area contributed by atoms with E-state index >= 15 is 0 Å². The molecule has 0 amide bonds. The highest BCUT2D eigenvalue weighted by atomic mass is 16.6. The molecule has 1 N–H and O–H groups in total. The van der Waals surface area contributed by atoms with Gasteiger partial charge in [-0.25, -0.2) is 5.48 Å². The van der Waals surface area contributed by atoms with Gasteiger partial charge in [-0.1, -0.05) is 33.1 Å². The highest BCUT2D eigenvalue weighted by molar-refractivity contribution is 4.57. The summed E-state index contributed by atoms with van der Waals surface area (Å²) in [5, 5.41) is 0. The number of rotatable bonds is 8. The lowest BCUT2D eigenvalue weighted by Gasteiger charge is -2.14. The zero-order valence-corrected chi connectivity index (χ0v) is 8.73. The first-order valence-electron chi connectivity index (χ1n) is 5.19. The third-order valence-corrected chi connectivity index (χ3v) is 2.16. The SMILES string of the molecule is CCCCC(CC)CNOCC. The van der Waals surface area contributed by atoms with Gasteiger partial charge in [0.05, 0.1) is 6.61 Å². The second-order valence-corrected chi connectivity index (χ2v) is 3.20. The maximum absolute atomic E-state index is 5.10. The normalized spacial score (nSPS) is 13.2. The van der Waals surface area contributed by atoms with Gasteiger partial charge in [0.2, 0.25) is 0 Å². The molecule has 0 heterocycles. The summed E-state index contributed by atoms with van der Waals surface area (Å²) in [5.41, 5.74) is 2.99. The molecule has 1 atom stereocenters. The number of nitrogens with one attached hydrogen (secondary N) is 1. The Morgan fingerprint density at radius 3 is 2.50 bits per heavy atom. The van der Waals surface area contributed by atoms with Gasteiger partial charge in [0, 0.05) is 6.54 Å². The fourth-order valence-electron chi connectivity index (χ4n) is 1.22. The zero-order valence-electron chi connectivity index (χ0n) is 8.73. The largest absolute Gasteiger partial charge is 0.302 e. The van der Waals surface area contributed by atoms with Gasteiger partial charge >= 0.3 is 0 Å². The molecule has 2 nitrogen and oxygen atoms in total. The van der Waals surface area contributed by atoms with Gasteiger partial charge in [0.1, 0.15) is 0 Å². The fourth-order valence-corrected chi connectivity index (χ4v) is 1.22. The molecule has 0 aromatic heterocycles. The first kappa shape index (κ1) is 11.9. The molecule has 0 radical (unpaired) electrons. The van der Waals surface area contributed by atoms with E-state index in [1.54, 1.807) is 0 Å². The summed E-state index contributed by atoms with van der Waals surface area (Å²) in [7, 11) is 0. The van der Waals surface area contributed by atoms with Crippen molar-refractivity contribution < 1.29 is 4.84 Å². The minimum atomic E-state index is 0.754. The zero-order chi connectivity index (χ0) is 9.23. The van der Waals surface area contributed by atoms with Gasteiger partial charge in [-0.15, -0.1) is 0 Å². The molecule has 0 aromatic carbocycles. The summed E-state index contributed by atoms with van der Waals surface area (Å²) >= 11 is 0. The Kier molecular flexibility index (Phi) is 8.95. The van der Waals surface area contributed by atoms with Crippen LogP contribution < -0.4 is 5.48 Å². The van der Waals surface area contributed by atoms with E-state index in [1.165, 1.54) is 25.7 Å². The fraction of sp³-hybridized carbons (Fsp3) is 1.00. The first-order chi connectivity index (χ1) is 5.85. The van der Waals surface area contributed by atoms with Crippen LogP contribution in [0.5, 0.6) is 0 Å². The number of hydrogen-bond donors (Lipinski definition) is 1. The highest BCUT2D eigenvalue weighted by Gasteiger charge is 2.04. The maximum Gasteiger partial charge on any atom is 0.0653 e. The van der Waals surface area contributed by atoms with E-state index in [0.29, 0.717) is 0 Å². The minimum absolute atomic E-state index is 0.754. The topological polar surface area (TPSA) is 21.3 Å². The van der Waals surface area contributed by atoms with E-state index in [0.717, 1.165) is 19.1 Å². The quantitative estimate of drug-likeness (QED) is 0.450. The summed E-state index contributed by atoms with van der Waals surface area (Å²) in [4.78, 5) is 5.10. The average Bonchev–Trinajstić information content (AvgIpc) is 2.11. The van der Waals surface area contributed by atoms with Gasteiger partial charge in [-0.05, 0) is 19.3 Å². The third-order valence-electron chi connectivity index (χ3n) is 2.16. The monoisotopic (exact) mass is 173 g/mol. The predicted octanol–water partition coefficient (Wildman–Crippen LogP) is 2.74. The lowest BCUT2D eigenvalue weighted by Crippen LogP contribution is -2.22. The second kappa shape index (κ2) is 9.01. The Morgan fingerprint density at radius 2 is 2.00 bits per heavy atom. The van der Waals surface area contributed by atoms with Crippen LogP contribution in [0.3, 0.4) is 0 Å². The molecular weight excluding hydrogens is 150 g/mol. The van der Waals surface area contributed by atoms with Crippen LogP contribution in [0.25, 0.3) is 0 Å². The van der Waals surface area contributed by atoms with Crippen molar-refractivity contribution in [3.8, 4) is 0 Å². The summed E-state index contributed by atoms with van der Waals surface area (Å²) in [6, 6.07) is 0. The van der Waals surface area contributed by atoms with E-state index < -0.39 is 0 Å². The summed E-state index contributed by atoms with van der Waals surface area (Å²) < 4.78 is 0. The smallest absolute Gasteiger partial charge is 0.0653 e. The molecule has 0 aliphatic heterocycles. The molecule has 0 aliphatic rings. The molecule has 0 fully saturated rings. The van der Waals surface area contributed by atoms with Crippen molar-refractivity contribution >= 4 is 0 Å². The van der Waals surface area contributed by atoms with Gasteiger partial charge in [-0.2, -0.15) is 0 Å². The second-order valence-electron chi connectivity index (χ2n) is 3.20. The lowest BCUT2D eigenvalue weighted by molar-refractivity contribution is 0.0400. The molecule has 0 spiro atoms. The van der Waals surface area contributed by atoms with Crippen LogP contribution in [0.1, 0.15) is 46.5 Å². The van der Waals surface area contributed by atoms with Crippen LogP contribution in [0, 0.1) is 5.92 Å². The summed E-state index contributed by atoms with van der Waals surface area (Å²) in [6.45, 7) is 8.24. The van der Waals surface area contributed by atoms with Gasteiger partial charge in [0.15, 0.2) is 0 Å². The van der Waals surface area contributed by atoms with Gasteiger partial charge in [0.25, 0.3) is 0 Å². The van der Waals surface area contributed by atoms with Crippen molar-refractivity contribution in [2.75, 3.05) is 13.2 Å². The molecule has 0 aromatic rings. The first-order valence-corrected chi connectivity index (χ1v) is 5.19. The summed E-state index contributed by atoms with van der Waals surface area (Å²) in [5.74, 6) is 0.788. The Labute approximate surface area is 76.6 Å². The molecule has 2 heteroatoms. The maximum atomic E-state index is 5.10. The van der Waals surface area contributed by atoms with E-state index in [-0.39, 0.29) is 0 Å². The number of hydrogen-bond acceptors (Lipinski definition) is 2. The Hall–Kier alpha value is -0.0800. The standard InChI is InChI=1S/C10H23NO/c1-4-7-8-10(5-2)9-11-12-6-3/h10-11H,4-9H2,1-3H3. The Morgan fingerprint density at radius 1 is 1.25 bits per heavy atom. The van der Waals surface area contributed by atoms with E-state index in [2.05, 4.69) is 19.3 Å². The van der Waals surface area contributed by atoms with Crippen LogP contribution in [0.4, 0.5) is 0 Å². The highest BCUT2D eigenvalue weighted by Crippen LogP contribution is 2.10. The van der Waals surface area contributed by atoms with E-state index in [1.807, 2.05) is 6.92 Å². The van der Waals surface area contributed by atoms with Crippen LogP contribution >= 0.6 is 0 Å². The number of hydroxylamine groups is 1. The molecular formula is C10H23NO. The van der Waals surface area contributed by atoms with Crippen molar-refractivity contribution in [1.29, 1.82) is 0 Å². The minimum Gasteiger partial charge on any atom is -0.302 e. The van der Waals surface area contributed by atoms with Crippen LogP contribution in [0.2, 0.25) is 0 Å².